The highest BCUT2D eigenvalue weighted by atomic mass is 79.9. The van der Waals surface area contributed by atoms with E-state index < -0.39 is 10.8 Å². The number of aromatic nitrogens is 1. The predicted molar refractivity (Wildman–Crippen MR) is 82.7 cm³/mol. The molecule has 0 atom stereocenters. The van der Waals surface area contributed by atoms with Crippen LogP contribution in [0, 0.1) is 17.0 Å². The topological polar surface area (TPSA) is 85.1 Å². The number of carbonyl (C=O) groups is 1. The zero-order valence-electron chi connectivity index (χ0n) is 10.8. The molecule has 1 amide bonds. The predicted octanol–water partition coefficient (Wildman–Crippen LogP) is 3.97. The largest absolute Gasteiger partial charge is 0.311 e. The highest BCUT2D eigenvalue weighted by molar-refractivity contribution is 9.10. The quantitative estimate of drug-likeness (QED) is 0.503. The van der Waals surface area contributed by atoms with Gasteiger partial charge in [-0.25, -0.2) is 4.98 Å². The Hall–Kier alpha value is -1.99. The SMILES string of the molecule is Cc1c(Br)cccc1C(=O)Nc1nc(Cl)ccc1[N+](=O)[O-]. The number of rotatable bonds is 3. The summed E-state index contributed by atoms with van der Waals surface area (Å²) in [5, 5.41) is 13.4. The number of halogens is 2. The van der Waals surface area contributed by atoms with Crippen LogP contribution in [0.2, 0.25) is 5.15 Å². The number of hydrogen-bond acceptors (Lipinski definition) is 4. The third kappa shape index (κ3) is 3.37. The van der Waals surface area contributed by atoms with Gasteiger partial charge < -0.3 is 5.32 Å². The van der Waals surface area contributed by atoms with Gasteiger partial charge in [-0.05, 0) is 30.7 Å². The van der Waals surface area contributed by atoms with Crippen LogP contribution in [0.1, 0.15) is 15.9 Å². The van der Waals surface area contributed by atoms with Crippen LogP contribution in [-0.4, -0.2) is 15.8 Å². The molecule has 0 fully saturated rings. The van der Waals surface area contributed by atoms with E-state index in [4.69, 9.17) is 11.6 Å². The first kappa shape index (κ1) is 15.4. The molecule has 1 heterocycles. The molecule has 8 heteroatoms. The molecule has 0 aliphatic rings. The fourth-order valence-electron chi connectivity index (χ4n) is 1.70. The average Bonchev–Trinajstić information content (AvgIpc) is 2.41. The first-order valence-corrected chi connectivity index (χ1v) is 6.94. The Morgan fingerprint density at radius 1 is 1.38 bits per heavy atom. The van der Waals surface area contributed by atoms with Gasteiger partial charge in [0.1, 0.15) is 5.15 Å². The van der Waals surface area contributed by atoms with Gasteiger partial charge in [-0.15, -0.1) is 0 Å². The van der Waals surface area contributed by atoms with E-state index in [1.165, 1.54) is 12.1 Å². The van der Waals surface area contributed by atoms with Crippen LogP contribution in [0.4, 0.5) is 11.5 Å². The van der Waals surface area contributed by atoms with Gasteiger partial charge in [0.25, 0.3) is 5.91 Å². The van der Waals surface area contributed by atoms with Crippen molar-refractivity contribution in [2.45, 2.75) is 6.92 Å². The number of nitrogens with zero attached hydrogens (tertiary/aromatic N) is 2. The van der Waals surface area contributed by atoms with Crippen molar-refractivity contribution in [1.29, 1.82) is 0 Å². The van der Waals surface area contributed by atoms with Crippen LogP contribution in [-0.2, 0) is 0 Å². The van der Waals surface area contributed by atoms with Crippen LogP contribution >= 0.6 is 27.5 Å². The molecule has 0 bridgehead atoms. The van der Waals surface area contributed by atoms with Gasteiger partial charge in [-0.1, -0.05) is 33.6 Å². The maximum absolute atomic E-state index is 12.2. The molecule has 2 aromatic rings. The molecule has 0 radical (unpaired) electrons. The van der Waals surface area contributed by atoms with Crippen molar-refractivity contribution >= 4 is 44.9 Å². The number of pyridine rings is 1. The molecule has 0 unspecified atom stereocenters. The second-order valence-corrected chi connectivity index (χ2v) is 5.37. The molecule has 0 saturated heterocycles. The summed E-state index contributed by atoms with van der Waals surface area (Å²) >= 11 is 9.04. The lowest BCUT2D eigenvalue weighted by Gasteiger charge is -2.08. The Kier molecular flexibility index (Phi) is 4.54. The smallest absolute Gasteiger partial charge is 0.301 e. The van der Waals surface area contributed by atoms with E-state index in [0.717, 1.165) is 10.0 Å². The summed E-state index contributed by atoms with van der Waals surface area (Å²) in [6.45, 7) is 1.76. The second-order valence-electron chi connectivity index (χ2n) is 4.13. The molecule has 1 aromatic heterocycles. The normalized spacial score (nSPS) is 10.2. The van der Waals surface area contributed by atoms with E-state index in [1.54, 1.807) is 25.1 Å². The Balaban J connectivity index is 2.38. The Labute approximate surface area is 133 Å². The summed E-state index contributed by atoms with van der Waals surface area (Å²) < 4.78 is 0.767. The van der Waals surface area contributed by atoms with Gasteiger partial charge in [0.2, 0.25) is 5.82 Å². The number of hydrogen-bond donors (Lipinski definition) is 1. The zero-order valence-corrected chi connectivity index (χ0v) is 13.1. The van der Waals surface area contributed by atoms with Crippen LogP contribution in [0.5, 0.6) is 0 Å². The van der Waals surface area contributed by atoms with E-state index in [9.17, 15) is 14.9 Å². The monoisotopic (exact) mass is 369 g/mol. The van der Waals surface area contributed by atoms with Gasteiger partial charge in [-0.3, -0.25) is 14.9 Å². The summed E-state index contributed by atoms with van der Waals surface area (Å²) in [5.41, 5.74) is 0.792. The van der Waals surface area contributed by atoms with Gasteiger partial charge in [0, 0.05) is 16.1 Å². The van der Waals surface area contributed by atoms with Crippen LogP contribution in [0.25, 0.3) is 0 Å². The molecule has 6 nitrogen and oxygen atoms in total. The Morgan fingerprint density at radius 2 is 2.10 bits per heavy atom. The lowest BCUT2D eigenvalue weighted by Crippen LogP contribution is -2.15. The summed E-state index contributed by atoms with van der Waals surface area (Å²) in [5.74, 6) is -0.677. The number of nitrogens with one attached hydrogen (secondary N) is 1. The first-order chi connectivity index (χ1) is 9.90. The van der Waals surface area contributed by atoms with Crippen LogP contribution in [0.3, 0.4) is 0 Å². The second kappa shape index (κ2) is 6.19. The van der Waals surface area contributed by atoms with E-state index in [2.05, 4.69) is 26.2 Å². The van der Waals surface area contributed by atoms with Crippen molar-refractivity contribution in [1.82, 2.24) is 4.98 Å². The fraction of sp³-hybridized carbons (Fsp3) is 0.0769. The Morgan fingerprint density at radius 3 is 2.76 bits per heavy atom. The first-order valence-electron chi connectivity index (χ1n) is 5.77. The van der Waals surface area contributed by atoms with Gasteiger partial charge in [0.15, 0.2) is 0 Å². The van der Waals surface area contributed by atoms with E-state index >= 15 is 0 Å². The standard InChI is InChI=1S/C13H9BrClN3O3/c1-7-8(3-2-4-9(7)14)13(19)17-12-10(18(20)21)5-6-11(15)16-12/h2-6H,1H3,(H,16,17,19). The average molecular weight is 371 g/mol. The van der Waals surface area contributed by atoms with Crippen molar-refractivity contribution < 1.29 is 9.72 Å². The van der Waals surface area contributed by atoms with Crippen molar-refractivity contribution in [3.05, 3.63) is 61.2 Å². The molecule has 0 aliphatic heterocycles. The number of benzene rings is 1. The van der Waals surface area contributed by atoms with Crippen molar-refractivity contribution in [3.8, 4) is 0 Å². The van der Waals surface area contributed by atoms with E-state index in [0.29, 0.717) is 5.56 Å². The number of carbonyl (C=O) groups excluding carboxylic acids is 1. The van der Waals surface area contributed by atoms with Crippen molar-refractivity contribution in [2.24, 2.45) is 0 Å². The fourth-order valence-corrected chi connectivity index (χ4v) is 2.21. The van der Waals surface area contributed by atoms with E-state index in [-0.39, 0.29) is 16.7 Å². The van der Waals surface area contributed by atoms with Crippen LogP contribution in [0.15, 0.2) is 34.8 Å². The van der Waals surface area contributed by atoms with Crippen molar-refractivity contribution in [3.63, 3.8) is 0 Å². The minimum Gasteiger partial charge on any atom is -0.301 e. The number of nitro groups is 1. The lowest BCUT2D eigenvalue weighted by molar-refractivity contribution is -0.384. The molecule has 0 aliphatic carbocycles. The summed E-state index contributed by atoms with van der Waals surface area (Å²) in [6.07, 6.45) is 0. The summed E-state index contributed by atoms with van der Waals surface area (Å²) in [7, 11) is 0. The number of anilines is 1. The highest BCUT2D eigenvalue weighted by Crippen LogP contribution is 2.26. The maximum Gasteiger partial charge on any atom is 0.311 e. The maximum atomic E-state index is 12.2. The van der Waals surface area contributed by atoms with Crippen molar-refractivity contribution in [2.75, 3.05) is 5.32 Å². The molecule has 21 heavy (non-hydrogen) atoms. The molecule has 108 valence electrons. The minimum absolute atomic E-state index is 0.0573. The third-order valence-electron chi connectivity index (χ3n) is 2.78. The minimum atomic E-state index is -0.632. The zero-order chi connectivity index (χ0) is 15.6. The van der Waals surface area contributed by atoms with E-state index in [1.807, 2.05) is 0 Å². The molecule has 1 aromatic carbocycles. The molecule has 2 rings (SSSR count). The van der Waals surface area contributed by atoms with Crippen LogP contribution < -0.4 is 5.32 Å². The number of amides is 1. The van der Waals surface area contributed by atoms with Gasteiger partial charge >= 0.3 is 5.69 Å². The summed E-state index contributed by atoms with van der Waals surface area (Å²) in [6, 6.07) is 7.60. The van der Waals surface area contributed by atoms with Gasteiger partial charge in [0.05, 0.1) is 4.92 Å². The molecular formula is C13H9BrClN3O3. The molecule has 0 saturated carbocycles. The lowest BCUT2D eigenvalue weighted by atomic mass is 10.1. The Bertz CT molecular complexity index is 737. The third-order valence-corrected chi connectivity index (χ3v) is 3.85. The molecular weight excluding hydrogens is 362 g/mol. The van der Waals surface area contributed by atoms with Gasteiger partial charge in [-0.2, -0.15) is 0 Å². The molecule has 1 N–H and O–H groups in total. The highest BCUT2D eigenvalue weighted by Gasteiger charge is 2.19. The molecule has 0 spiro atoms. The summed E-state index contributed by atoms with van der Waals surface area (Å²) in [4.78, 5) is 26.3.